The highest BCUT2D eigenvalue weighted by Gasteiger charge is 2.39. The molecular weight excluding hydrogens is 530 g/mol. The lowest BCUT2D eigenvalue weighted by atomic mass is 10.2. The van der Waals surface area contributed by atoms with Crippen molar-refractivity contribution < 1.29 is 37.2 Å². The SMILES string of the molecule is CN(CCCCCl)P(=O)(OCc1ccc([N+](=O)[O-])o1)OC[C@H]1O[C@@H](n2cc(F)c(=O)[nH]c2=O)CC1O. The summed E-state index contributed by atoms with van der Waals surface area (Å²) in [6, 6.07) is 2.42. The molecule has 17 heteroatoms. The maximum absolute atomic E-state index is 13.6. The lowest BCUT2D eigenvalue weighted by molar-refractivity contribution is -0.402. The first-order valence-electron chi connectivity index (χ1n) is 10.8. The van der Waals surface area contributed by atoms with Gasteiger partial charge in [-0.1, -0.05) is 0 Å². The predicted molar refractivity (Wildman–Crippen MR) is 122 cm³/mol. The number of furan rings is 1. The Balaban J connectivity index is 1.69. The second kappa shape index (κ2) is 12.2. The average Bonchev–Trinajstić information content (AvgIpc) is 3.45. The largest absolute Gasteiger partial charge is 0.433 e. The van der Waals surface area contributed by atoms with Gasteiger partial charge in [-0.05, 0) is 26.0 Å². The van der Waals surface area contributed by atoms with Gasteiger partial charge in [0.25, 0.3) is 5.56 Å². The third-order valence-corrected chi connectivity index (χ3v) is 7.56. The van der Waals surface area contributed by atoms with Gasteiger partial charge in [-0.2, -0.15) is 4.39 Å². The van der Waals surface area contributed by atoms with E-state index < -0.39 is 67.3 Å². The number of hydrogen-bond acceptors (Lipinski definition) is 10. The number of unbranched alkanes of at least 4 members (excludes halogenated alkanes) is 1. The maximum Gasteiger partial charge on any atom is 0.433 e. The summed E-state index contributed by atoms with van der Waals surface area (Å²) in [4.78, 5) is 35.1. The van der Waals surface area contributed by atoms with Crippen molar-refractivity contribution in [2.75, 3.05) is 26.1 Å². The van der Waals surface area contributed by atoms with Crippen molar-refractivity contribution in [2.45, 2.75) is 44.3 Å². The van der Waals surface area contributed by atoms with E-state index in [1.54, 1.807) is 4.98 Å². The number of halogens is 2. The van der Waals surface area contributed by atoms with Crippen LogP contribution in [0.25, 0.3) is 0 Å². The molecule has 0 aliphatic carbocycles. The number of nitrogens with one attached hydrogen (secondary N) is 1. The number of aromatic amines is 1. The van der Waals surface area contributed by atoms with Crippen LogP contribution in [0.15, 0.2) is 32.3 Å². The van der Waals surface area contributed by atoms with E-state index in [4.69, 9.17) is 29.8 Å². The number of aliphatic hydroxyl groups excluding tert-OH is 1. The summed E-state index contributed by atoms with van der Waals surface area (Å²) in [7, 11) is -2.55. The first kappa shape index (κ1) is 28.2. The molecule has 0 saturated carbocycles. The van der Waals surface area contributed by atoms with Crippen molar-refractivity contribution in [1.82, 2.24) is 14.2 Å². The van der Waals surface area contributed by atoms with E-state index in [1.165, 1.54) is 17.8 Å². The van der Waals surface area contributed by atoms with Crippen LogP contribution in [0.1, 0.15) is 31.3 Å². The van der Waals surface area contributed by atoms with E-state index in [9.17, 15) is 33.8 Å². The fourth-order valence-corrected chi connectivity index (χ4v) is 5.03. The van der Waals surface area contributed by atoms with Gasteiger partial charge in [0.05, 0.1) is 25.0 Å². The van der Waals surface area contributed by atoms with Gasteiger partial charge in [-0.25, -0.2) is 14.0 Å². The van der Waals surface area contributed by atoms with Gasteiger partial charge < -0.3 is 14.3 Å². The second-order valence-corrected chi connectivity index (χ2v) is 10.4. The van der Waals surface area contributed by atoms with Crippen LogP contribution in [-0.2, 0) is 25.0 Å². The molecule has 0 radical (unpaired) electrons. The number of aromatic nitrogens is 2. The van der Waals surface area contributed by atoms with E-state index in [2.05, 4.69) is 0 Å². The molecule has 1 aliphatic rings. The minimum absolute atomic E-state index is 0.0383. The van der Waals surface area contributed by atoms with Crippen molar-refractivity contribution in [3.05, 3.63) is 60.9 Å². The van der Waals surface area contributed by atoms with Gasteiger partial charge in [-0.3, -0.25) is 33.5 Å². The van der Waals surface area contributed by atoms with Crippen LogP contribution in [0, 0.1) is 15.9 Å². The van der Waals surface area contributed by atoms with Crippen LogP contribution in [0.5, 0.6) is 0 Å². The van der Waals surface area contributed by atoms with Gasteiger partial charge in [0.15, 0.2) is 0 Å². The molecule has 1 fully saturated rings. The molecule has 2 aromatic rings. The molecule has 36 heavy (non-hydrogen) atoms. The number of H-pyrrole nitrogens is 1. The first-order valence-corrected chi connectivity index (χ1v) is 12.8. The summed E-state index contributed by atoms with van der Waals surface area (Å²) in [5.74, 6) is -1.29. The zero-order valence-corrected chi connectivity index (χ0v) is 20.7. The Bertz CT molecular complexity index is 1220. The van der Waals surface area contributed by atoms with Crippen LogP contribution < -0.4 is 11.2 Å². The smallest absolute Gasteiger partial charge is 0.403 e. The maximum atomic E-state index is 13.6. The Kier molecular flexibility index (Phi) is 9.58. The quantitative estimate of drug-likeness (QED) is 0.122. The summed E-state index contributed by atoms with van der Waals surface area (Å²) in [6.45, 7) is -0.577. The topological polar surface area (TPSA) is 179 Å². The zero-order chi connectivity index (χ0) is 26.5. The van der Waals surface area contributed by atoms with Crippen LogP contribution in [-0.4, -0.2) is 62.5 Å². The van der Waals surface area contributed by atoms with Crippen LogP contribution in [0.4, 0.5) is 10.3 Å². The Labute approximate surface area is 208 Å². The number of aliphatic hydroxyl groups is 1. The summed E-state index contributed by atoms with van der Waals surface area (Å²) in [5, 5.41) is 21.2. The Hall–Kier alpha value is -2.39. The molecule has 2 aromatic heterocycles. The van der Waals surface area contributed by atoms with Crippen LogP contribution >= 0.6 is 19.3 Å². The predicted octanol–water partition coefficient (Wildman–Crippen LogP) is 2.12. The molecule has 1 saturated heterocycles. The number of ether oxygens (including phenoxy) is 1. The molecule has 3 heterocycles. The third-order valence-electron chi connectivity index (χ3n) is 5.32. The lowest BCUT2D eigenvalue weighted by Gasteiger charge is -2.28. The highest BCUT2D eigenvalue weighted by molar-refractivity contribution is 7.51. The third kappa shape index (κ3) is 6.88. The van der Waals surface area contributed by atoms with E-state index in [-0.39, 0.29) is 18.7 Å². The second-order valence-electron chi connectivity index (χ2n) is 7.89. The standard InChI is InChI=1S/C19H25ClFN4O10P/c1-23(7-3-2-6-20)36(31,32-10-12-4-5-16(34-12)25(29)30)33-11-15-14(26)8-17(35-15)24-9-13(21)18(27)22-19(24)28/h4-5,9,14-15,17,26H,2-3,6-8,10-11H2,1H3,(H,22,27,28)/t14?,15-,17-,36?/m1/s1. The minimum Gasteiger partial charge on any atom is -0.403 e. The Morgan fingerprint density at radius 3 is 2.81 bits per heavy atom. The number of alkyl halides is 1. The van der Waals surface area contributed by atoms with Gasteiger partial charge in [0, 0.05) is 18.8 Å². The van der Waals surface area contributed by atoms with Crippen molar-refractivity contribution in [2.24, 2.45) is 0 Å². The molecule has 0 amide bonds. The van der Waals surface area contributed by atoms with Gasteiger partial charge in [0.2, 0.25) is 5.82 Å². The van der Waals surface area contributed by atoms with Crippen molar-refractivity contribution in [1.29, 1.82) is 0 Å². The van der Waals surface area contributed by atoms with Crippen molar-refractivity contribution >= 4 is 25.2 Å². The first-order chi connectivity index (χ1) is 17.0. The zero-order valence-electron chi connectivity index (χ0n) is 19.1. The van der Waals surface area contributed by atoms with E-state index in [0.717, 1.165) is 10.6 Å². The summed E-state index contributed by atoms with van der Waals surface area (Å²) in [5.41, 5.74) is -2.12. The van der Waals surface area contributed by atoms with Crippen LogP contribution in [0.3, 0.4) is 0 Å². The number of nitro groups is 1. The van der Waals surface area contributed by atoms with E-state index >= 15 is 0 Å². The van der Waals surface area contributed by atoms with E-state index in [1.807, 2.05) is 0 Å². The van der Waals surface area contributed by atoms with Crippen molar-refractivity contribution in [3.63, 3.8) is 0 Å². The average molecular weight is 555 g/mol. The molecule has 2 unspecified atom stereocenters. The molecule has 200 valence electrons. The van der Waals surface area contributed by atoms with E-state index in [0.29, 0.717) is 24.9 Å². The Morgan fingerprint density at radius 1 is 1.39 bits per heavy atom. The molecule has 0 aromatic carbocycles. The number of rotatable bonds is 13. The summed E-state index contributed by atoms with van der Waals surface area (Å²) in [6.07, 6.45) is -1.64. The van der Waals surface area contributed by atoms with Gasteiger partial charge in [-0.15, -0.1) is 11.6 Å². The molecule has 14 nitrogen and oxygen atoms in total. The molecule has 2 N–H and O–H groups in total. The fourth-order valence-electron chi connectivity index (χ4n) is 3.36. The van der Waals surface area contributed by atoms with Crippen LogP contribution in [0.2, 0.25) is 0 Å². The molecule has 0 spiro atoms. The minimum atomic E-state index is -4.03. The summed E-state index contributed by atoms with van der Waals surface area (Å²) >= 11 is 5.70. The molecule has 1 aliphatic heterocycles. The molecule has 3 rings (SSSR count). The fraction of sp³-hybridized carbons (Fsp3) is 0.579. The molecule has 0 bridgehead atoms. The summed E-state index contributed by atoms with van der Waals surface area (Å²) < 4.78 is 51.0. The molecular formula is C19H25ClFN4O10P. The normalized spacial score (nSPS) is 21.6. The highest BCUT2D eigenvalue weighted by atomic mass is 35.5. The molecule has 4 atom stereocenters. The van der Waals surface area contributed by atoms with Gasteiger partial charge in [0.1, 0.15) is 29.6 Å². The van der Waals surface area contributed by atoms with Crippen molar-refractivity contribution in [3.8, 4) is 0 Å². The number of hydrogen-bond donors (Lipinski definition) is 2. The number of nitrogens with zero attached hydrogens (tertiary/aromatic N) is 3. The van der Waals surface area contributed by atoms with Gasteiger partial charge >= 0.3 is 19.3 Å². The lowest BCUT2D eigenvalue weighted by Crippen LogP contribution is -2.34. The highest BCUT2D eigenvalue weighted by Crippen LogP contribution is 2.52. The monoisotopic (exact) mass is 554 g/mol. The Morgan fingerprint density at radius 2 is 2.14 bits per heavy atom.